The van der Waals surface area contributed by atoms with Crippen LogP contribution in [0.25, 0.3) is 0 Å². The van der Waals surface area contributed by atoms with Crippen LogP contribution in [0.5, 0.6) is 5.75 Å². The first-order valence-electron chi connectivity index (χ1n) is 6.33. The van der Waals surface area contributed by atoms with Gasteiger partial charge >= 0.3 is 0 Å². The summed E-state index contributed by atoms with van der Waals surface area (Å²) in [4.78, 5) is 0. The van der Waals surface area contributed by atoms with Crippen LogP contribution in [0.15, 0.2) is 18.2 Å². The third-order valence-electron chi connectivity index (χ3n) is 3.73. The van der Waals surface area contributed by atoms with Crippen LogP contribution >= 0.6 is 0 Å². The van der Waals surface area contributed by atoms with Gasteiger partial charge in [-0.3, -0.25) is 0 Å². The summed E-state index contributed by atoms with van der Waals surface area (Å²) in [6.45, 7) is 4.29. The zero-order valence-corrected chi connectivity index (χ0v) is 10.7. The van der Waals surface area contributed by atoms with E-state index in [2.05, 4.69) is 24.4 Å². The SMILES string of the molecule is COc1ccc([C@H](N)C2CCNCC2)c(C)c1. The van der Waals surface area contributed by atoms with Crippen LogP contribution in [-0.2, 0) is 0 Å². The van der Waals surface area contributed by atoms with Gasteiger partial charge in [-0.25, -0.2) is 0 Å². The number of benzene rings is 1. The highest BCUT2D eigenvalue weighted by molar-refractivity contribution is 5.36. The highest BCUT2D eigenvalue weighted by Crippen LogP contribution is 2.30. The molecule has 94 valence electrons. The van der Waals surface area contributed by atoms with Gasteiger partial charge in [0.05, 0.1) is 7.11 Å². The van der Waals surface area contributed by atoms with Crippen LogP contribution in [0.1, 0.15) is 30.0 Å². The molecule has 3 nitrogen and oxygen atoms in total. The molecule has 3 N–H and O–H groups in total. The van der Waals surface area contributed by atoms with E-state index in [0.29, 0.717) is 5.92 Å². The summed E-state index contributed by atoms with van der Waals surface area (Å²) in [5, 5.41) is 3.38. The van der Waals surface area contributed by atoms with Crippen molar-refractivity contribution in [3.63, 3.8) is 0 Å². The Morgan fingerprint density at radius 1 is 1.35 bits per heavy atom. The van der Waals surface area contributed by atoms with E-state index in [1.807, 2.05) is 6.07 Å². The fourth-order valence-electron chi connectivity index (χ4n) is 2.61. The van der Waals surface area contributed by atoms with Gasteiger partial charge < -0.3 is 15.8 Å². The Morgan fingerprint density at radius 2 is 2.06 bits per heavy atom. The smallest absolute Gasteiger partial charge is 0.119 e. The molecule has 3 heteroatoms. The number of nitrogens with one attached hydrogen (secondary N) is 1. The lowest BCUT2D eigenvalue weighted by Crippen LogP contribution is -2.34. The number of piperidine rings is 1. The Bertz CT molecular complexity index is 372. The van der Waals surface area contributed by atoms with Gasteiger partial charge in [0.25, 0.3) is 0 Å². The van der Waals surface area contributed by atoms with Crippen LogP contribution in [0.2, 0.25) is 0 Å². The molecule has 2 rings (SSSR count). The third kappa shape index (κ3) is 2.79. The van der Waals surface area contributed by atoms with Gasteiger partial charge in [-0.05, 0) is 62.0 Å². The molecule has 1 aromatic rings. The first-order chi connectivity index (χ1) is 8.22. The van der Waals surface area contributed by atoms with Gasteiger partial charge in [0.15, 0.2) is 0 Å². The molecule has 0 unspecified atom stereocenters. The molecule has 0 spiro atoms. The van der Waals surface area contributed by atoms with Crippen molar-refractivity contribution in [2.24, 2.45) is 11.7 Å². The fourth-order valence-corrected chi connectivity index (χ4v) is 2.61. The quantitative estimate of drug-likeness (QED) is 0.841. The van der Waals surface area contributed by atoms with Crippen LogP contribution in [-0.4, -0.2) is 20.2 Å². The average Bonchev–Trinajstić information content (AvgIpc) is 2.39. The van der Waals surface area contributed by atoms with Gasteiger partial charge in [-0.15, -0.1) is 0 Å². The maximum atomic E-state index is 6.39. The highest BCUT2D eigenvalue weighted by atomic mass is 16.5. The number of ether oxygens (including phenoxy) is 1. The Kier molecular flexibility index (Phi) is 4.02. The summed E-state index contributed by atoms with van der Waals surface area (Å²) < 4.78 is 5.22. The molecule has 1 aliphatic rings. The molecule has 0 amide bonds. The standard InChI is InChI=1S/C14H22N2O/c1-10-9-12(17-2)3-4-13(10)14(15)11-5-7-16-8-6-11/h3-4,9,11,14,16H,5-8,15H2,1-2H3/t14-/m1/s1. The second kappa shape index (κ2) is 5.52. The minimum atomic E-state index is 0.156. The molecule has 1 heterocycles. The van der Waals surface area contributed by atoms with E-state index >= 15 is 0 Å². The first-order valence-corrected chi connectivity index (χ1v) is 6.33. The molecule has 1 atom stereocenters. The van der Waals surface area contributed by atoms with Crippen molar-refractivity contribution in [3.8, 4) is 5.75 Å². The number of hydrogen-bond acceptors (Lipinski definition) is 3. The Balaban J connectivity index is 2.15. The van der Waals surface area contributed by atoms with Gasteiger partial charge in [0, 0.05) is 6.04 Å². The van der Waals surface area contributed by atoms with Gasteiger partial charge in [0.2, 0.25) is 0 Å². The lowest BCUT2D eigenvalue weighted by molar-refractivity contribution is 0.321. The number of nitrogens with two attached hydrogens (primary N) is 1. The zero-order chi connectivity index (χ0) is 12.3. The maximum Gasteiger partial charge on any atom is 0.119 e. The van der Waals surface area contributed by atoms with Crippen molar-refractivity contribution >= 4 is 0 Å². The number of methoxy groups -OCH3 is 1. The topological polar surface area (TPSA) is 47.3 Å². The first kappa shape index (κ1) is 12.4. The van der Waals surface area contributed by atoms with Crippen LogP contribution < -0.4 is 15.8 Å². The summed E-state index contributed by atoms with van der Waals surface area (Å²) in [5.74, 6) is 1.51. The molecule has 0 saturated carbocycles. The molecule has 0 bridgehead atoms. The molecule has 0 aliphatic carbocycles. The third-order valence-corrected chi connectivity index (χ3v) is 3.73. The maximum absolute atomic E-state index is 6.39. The predicted molar refractivity (Wildman–Crippen MR) is 70.3 cm³/mol. The minimum absolute atomic E-state index is 0.156. The molecular formula is C14H22N2O. The van der Waals surface area contributed by atoms with E-state index in [0.717, 1.165) is 18.8 Å². The van der Waals surface area contributed by atoms with Crippen LogP contribution in [0.4, 0.5) is 0 Å². The van der Waals surface area contributed by atoms with Crippen molar-refractivity contribution in [1.82, 2.24) is 5.32 Å². The van der Waals surface area contributed by atoms with Crippen molar-refractivity contribution in [1.29, 1.82) is 0 Å². The van der Waals surface area contributed by atoms with Gasteiger partial charge in [-0.2, -0.15) is 0 Å². The lowest BCUT2D eigenvalue weighted by Gasteiger charge is -2.29. The van der Waals surface area contributed by atoms with Gasteiger partial charge in [0.1, 0.15) is 5.75 Å². The van der Waals surface area contributed by atoms with Crippen molar-refractivity contribution in [2.45, 2.75) is 25.8 Å². The summed E-state index contributed by atoms with van der Waals surface area (Å²) >= 11 is 0. The van der Waals surface area contributed by atoms with E-state index in [9.17, 15) is 0 Å². The van der Waals surface area contributed by atoms with E-state index in [-0.39, 0.29) is 6.04 Å². The van der Waals surface area contributed by atoms with Crippen LogP contribution in [0, 0.1) is 12.8 Å². The van der Waals surface area contributed by atoms with Crippen LogP contribution in [0.3, 0.4) is 0 Å². The van der Waals surface area contributed by atoms with E-state index in [1.54, 1.807) is 7.11 Å². The van der Waals surface area contributed by atoms with Crippen molar-refractivity contribution in [3.05, 3.63) is 29.3 Å². The molecule has 0 aromatic heterocycles. The summed E-state index contributed by atoms with van der Waals surface area (Å²) in [6.07, 6.45) is 2.35. The molecule has 0 radical (unpaired) electrons. The Morgan fingerprint density at radius 3 is 2.65 bits per heavy atom. The van der Waals surface area contributed by atoms with E-state index in [1.165, 1.54) is 24.0 Å². The average molecular weight is 234 g/mol. The second-order valence-corrected chi connectivity index (χ2v) is 4.84. The highest BCUT2D eigenvalue weighted by Gasteiger charge is 2.22. The predicted octanol–water partition coefficient (Wildman–Crippen LogP) is 2.00. The molecular weight excluding hydrogens is 212 g/mol. The van der Waals surface area contributed by atoms with Crippen molar-refractivity contribution in [2.75, 3.05) is 20.2 Å². The second-order valence-electron chi connectivity index (χ2n) is 4.84. The molecule has 1 aliphatic heterocycles. The summed E-state index contributed by atoms with van der Waals surface area (Å²) in [7, 11) is 1.70. The zero-order valence-electron chi connectivity index (χ0n) is 10.7. The molecule has 1 aromatic carbocycles. The fraction of sp³-hybridized carbons (Fsp3) is 0.571. The number of aryl methyl sites for hydroxylation is 1. The van der Waals surface area contributed by atoms with Gasteiger partial charge in [-0.1, -0.05) is 6.07 Å². The van der Waals surface area contributed by atoms with Crippen molar-refractivity contribution < 1.29 is 4.74 Å². The van der Waals surface area contributed by atoms with E-state index in [4.69, 9.17) is 10.5 Å². The summed E-state index contributed by atoms with van der Waals surface area (Å²) in [6, 6.07) is 6.34. The summed E-state index contributed by atoms with van der Waals surface area (Å²) in [5.41, 5.74) is 8.89. The largest absolute Gasteiger partial charge is 0.497 e. The Labute approximate surface area is 103 Å². The monoisotopic (exact) mass is 234 g/mol. The lowest BCUT2D eigenvalue weighted by atomic mass is 9.85. The molecule has 1 saturated heterocycles. The molecule has 17 heavy (non-hydrogen) atoms. The molecule has 1 fully saturated rings. The normalized spacial score (nSPS) is 19.0. The minimum Gasteiger partial charge on any atom is -0.497 e. The van der Waals surface area contributed by atoms with E-state index < -0.39 is 0 Å². The Hall–Kier alpha value is -1.06. The number of rotatable bonds is 3. The number of hydrogen-bond donors (Lipinski definition) is 2.